The number of carbonyl (C=O) groups is 1. The topological polar surface area (TPSA) is 67.2 Å². The smallest absolute Gasteiger partial charge is 0.335 e. The van der Waals surface area contributed by atoms with E-state index >= 15 is 0 Å². The van der Waals surface area contributed by atoms with Crippen LogP contribution in [0.2, 0.25) is 0 Å². The highest BCUT2D eigenvalue weighted by molar-refractivity contribution is 5.87. The Morgan fingerprint density at radius 3 is 2.58 bits per heavy atom. The van der Waals surface area contributed by atoms with E-state index < -0.39 is 5.97 Å². The SMILES string of the molecule is Cc1ccc2c(c1)-c1cc(C)nn1[C@@H](c1ccc(C(=O)O)cc1)N2. The summed E-state index contributed by atoms with van der Waals surface area (Å²) in [5.41, 5.74) is 6.66. The van der Waals surface area contributed by atoms with Gasteiger partial charge in [-0.3, -0.25) is 0 Å². The largest absolute Gasteiger partial charge is 0.478 e. The molecule has 0 aliphatic carbocycles. The number of aryl methyl sites for hydroxylation is 2. The van der Waals surface area contributed by atoms with Crippen LogP contribution in [0.4, 0.5) is 5.69 Å². The van der Waals surface area contributed by atoms with Crippen molar-refractivity contribution in [2.75, 3.05) is 5.32 Å². The van der Waals surface area contributed by atoms with Crippen molar-refractivity contribution in [3.8, 4) is 11.3 Å². The van der Waals surface area contributed by atoms with Gasteiger partial charge in [0.05, 0.1) is 17.0 Å². The number of carboxylic acids is 1. The molecule has 0 radical (unpaired) electrons. The van der Waals surface area contributed by atoms with E-state index in [-0.39, 0.29) is 11.7 Å². The maximum atomic E-state index is 11.1. The highest BCUT2D eigenvalue weighted by Crippen LogP contribution is 2.38. The van der Waals surface area contributed by atoms with Gasteiger partial charge in [0.2, 0.25) is 0 Å². The molecule has 0 fully saturated rings. The van der Waals surface area contributed by atoms with E-state index in [1.54, 1.807) is 12.1 Å². The molecule has 1 atom stereocenters. The lowest BCUT2D eigenvalue weighted by Gasteiger charge is -2.29. The maximum absolute atomic E-state index is 11.1. The number of nitrogens with one attached hydrogen (secondary N) is 1. The number of aromatic nitrogens is 2. The second-order valence-corrected chi connectivity index (χ2v) is 6.14. The van der Waals surface area contributed by atoms with Crippen LogP contribution >= 0.6 is 0 Å². The maximum Gasteiger partial charge on any atom is 0.335 e. The molecule has 2 aromatic carbocycles. The third kappa shape index (κ3) is 2.25. The fraction of sp³-hybridized carbons (Fsp3) is 0.158. The molecule has 5 nitrogen and oxygen atoms in total. The molecule has 0 bridgehead atoms. The summed E-state index contributed by atoms with van der Waals surface area (Å²) in [5, 5.41) is 17.2. The Bertz CT molecular complexity index is 942. The minimum atomic E-state index is -0.922. The third-order valence-electron chi connectivity index (χ3n) is 4.32. The number of benzene rings is 2. The van der Waals surface area contributed by atoms with E-state index in [4.69, 9.17) is 5.11 Å². The highest BCUT2D eigenvalue weighted by Gasteiger charge is 2.26. The van der Waals surface area contributed by atoms with E-state index in [1.165, 1.54) is 5.56 Å². The van der Waals surface area contributed by atoms with Crippen molar-refractivity contribution < 1.29 is 9.90 Å². The third-order valence-corrected chi connectivity index (χ3v) is 4.32. The summed E-state index contributed by atoms with van der Waals surface area (Å²) in [6.07, 6.45) is -0.160. The fourth-order valence-corrected chi connectivity index (χ4v) is 3.15. The zero-order valence-corrected chi connectivity index (χ0v) is 13.4. The molecule has 5 heteroatoms. The van der Waals surface area contributed by atoms with Gasteiger partial charge in [-0.1, -0.05) is 23.8 Å². The van der Waals surface area contributed by atoms with Crippen molar-refractivity contribution in [2.24, 2.45) is 0 Å². The summed E-state index contributed by atoms with van der Waals surface area (Å²) in [6.45, 7) is 4.05. The van der Waals surface area contributed by atoms with Gasteiger partial charge in [-0.2, -0.15) is 5.10 Å². The molecular formula is C19H17N3O2. The quantitative estimate of drug-likeness (QED) is 0.753. The molecule has 3 aromatic rings. The Labute approximate surface area is 139 Å². The molecule has 1 aliphatic heterocycles. The number of nitrogens with zero attached hydrogens (tertiary/aromatic N) is 2. The zero-order valence-electron chi connectivity index (χ0n) is 13.4. The van der Waals surface area contributed by atoms with Gasteiger partial charge in [0.25, 0.3) is 0 Å². The van der Waals surface area contributed by atoms with Crippen LogP contribution in [-0.4, -0.2) is 20.9 Å². The van der Waals surface area contributed by atoms with Gasteiger partial charge in [0.15, 0.2) is 0 Å². The number of aromatic carboxylic acids is 1. The molecule has 0 saturated heterocycles. The molecule has 0 amide bonds. The number of anilines is 1. The summed E-state index contributed by atoms with van der Waals surface area (Å²) in [6, 6.07) is 15.3. The van der Waals surface area contributed by atoms with Crippen LogP contribution in [0.5, 0.6) is 0 Å². The molecule has 120 valence electrons. The molecule has 2 heterocycles. The van der Waals surface area contributed by atoms with E-state index in [2.05, 4.69) is 41.6 Å². The second-order valence-electron chi connectivity index (χ2n) is 6.14. The van der Waals surface area contributed by atoms with E-state index in [0.717, 1.165) is 28.2 Å². The summed E-state index contributed by atoms with van der Waals surface area (Å²) >= 11 is 0. The molecule has 0 unspecified atom stereocenters. The standard InChI is InChI=1S/C19H17N3O2/c1-11-3-8-16-15(9-11)17-10-12(2)21-22(17)18(20-16)13-4-6-14(7-5-13)19(23)24/h3-10,18,20H,1-2H3,(H,23,24)/t18-/m0/s1. The van der Waals surface area contributed by atoms with Gasteiger partial charge in [-0.05, 0) is 49.7 Å². The number of hydrogen-bond donors (Lipinski definition) is 2. The molecular weight excluding hydrogens is 302 g/mol. The minimum Gasteiger partial charge on any atom is -0.478 e. The number of rotatable bonds is 2. The Balaban J connectivity index is 1.83. The Morgan fingerprint density at radius 1 is 1.12 bits per heavy atom. The van der Waals surface area contributed by atoms with Crippen molar-refractivity contribution in [2.45, 2.75) is 20.0 Å². The van der Waals surface area contributed by atoms with Gasteiger partial charge in [0.1, 0.15) is 6.17 Å². The Kier molecular flexibility index (Phi) is 3.16. The van der Waals surface area contributed by atoms with Gasteiger partial charge in [-0.25, -0.2) is 9.48 Å². The predicted molar refractivity (Wildman–Crippen MR) is 92.3 cm³/mol. The molecule has 24 heavy (non-hydrogen) atoms. The van der Waals surface area contributed by atoms with Crippen LogP contribution < -0.4 is 5.32 Å². The Hall–Kier alpha value is -3.08. The molecule has 0 saturated carbocycles. The lowest BCUT2D eigenvalue weighted by Crippen LogP contribution is -2.25. The monoisotopic (exact) mass is 319 g/mol. The first-order chi connectivity index (χ1) is 11.5. The van der Waals surface area contributed by atoms with Crippen LogP contribution in [0.15, 0.2) is 48.5 Å². The van der Waals surface area contributed by atoms with Crippen molar-refractivity contribution in [1.29, 1.82) is 0 Å². The van der Waals surface area contributed by atoms with E-state index in [1.807, 2.05) is 23.7 Å². The highest BCUT2D eigenvalue weighted by atomic mass is 16.4. The first-order valence-corrected chi connectivity index (χ1v) is 7.80. The van der Waals surface area contributed by atoms with Crippen molar-refractivity contribution in [3.63, 3.8) is 0 Å². The Morgan fingerprint density at radius 2 is 1.88 bits per heavy atom. The lowest BCUT2D eigenvalue weighted by molar-refractivity contribution is 0.0697. The lowest BCUT2D eigenvalue weighted by atomic mass is 10.0. The summed E-state index contributed by atoms with van der Waals surface area (Å²) in [7, 11) is 0. The van der Waals surface area contributed by atoms with Crippen LogP contribution in [-0.2, 0) is 0 Å². The van der Waals surface area contributed by atoms with Gasteiger partial charge in [0, 0.05) is 11.3 Å². The first-order valence-electron chi connectivity index (χ1n) is 7.80. The van der Waals surface area contributed by atoms with Gasteiger partial charge < -0.3 is 10.4 Å². The van der Waals surface area contributed by atoms with Crippen LogP contribution in [0.3, 0.4) is 0 Å². The summed E-state index contributed by atoms with van der Waals surface area (Å²) in [4.78, 5) is 11.1. The molecule has 2 N–H and O–H groups in total. The van der Waals surface area contributed by atoms with Crippen molar-refractivity contribution >= 4 is 11.7 Å². The average Bonchev–Trinajstić information content (AvgIpc) is 2.96. The molecule has 0 spiro atoms. The van der Waals surface area contributed by atoms with E-state index in [0.29, 0.717) is 0 Å². The van der Waals surface area contributed by atoms with E-state index in [9.17, 15) is 4.79 Å². The number of carboxylic acid groups (broad SMARTS) is 1. The van der Waals surface area contributed by atoms with Crippen molar-refractivity contribution in [1.82, 2.24) is 9.78 Å². The number of hydrogen-bond acceptors (Lipinski definition) is 3. The van der Waals surface area contributed by atoms with Crippen LogP contribution in [0, 0.1) is 13.8 Å². The summed E-state index contributed by atoms with van der Waals surface area (Å²) < 4.78 is 1.97. The van der Waals surface area contributed by atoms with Crippen molar-refractivity contribution in [3.05, 3.63) is 70.9 Å². The fourth-order valence-electron chi connectivity index (χ4n) is 3.15. The molecule has 1 aliphatic rings. The van der Waals surface area contributed by atoms with Crippen LogP contribution in [0.1, 0.15) is 33.3 Å². The molecule has 1 aromatic heterocycles. The average molecular weight is 319 g/mol. The van der Waals surface area contributed by atoms with Crippen LogP contribution in [0.25, 0.3) is 11.3 Å². The minimum absolute atomic E-state index is 0.160. The second kappa shape index (κ2) is 5.23. The molecule has 4 rings (SSSR count). The normalized spacial score (nSPS) is 15.3. The van der Waals surface area contributed by atoms with Gasteiger partial charge >= 0.3 is 5.97 Å². The first kappa shape index (κ1) is 14.5. The number of fused-ring (bicyclic) bond motifs is 3. The zero-order chi connectivity index (χ0) is 16.8. The van der Waals surface area contributed by atoms with Gasteiger partial charge in [-0.15, -0.1) is 0 Å². The summed E-state index contributed by atoms with van der Waals surface area (Å²) in [5.74, 6) is -0.922. The predicted octanol–water partition coefficient (Wildman–Crippen LogP) is 3.84.